The van der Waals surface area contributed by atoms with Crippen LogP contribution in [0, 0.1) is 0 Å². The first-order chi connectivity index (χ1) is 14.3. The monoisotopic (exact) mass is 418 g/mol. The Morgan fingerprint density at radius 2 is 1.57 bits per heavy atom. The van der Waals surface area contributed by atoms with E-state index in [9.17, 15) is 40.5 Å². The van der Waals surface area contributed by atoms with Gasteiger partial charge < -0.3 is 40.5 Å². The topological polar surface area (TPSA) is 168 Å². The number of hydrogen-bond acceptors (Lipinski definition) is 9. The molecule has 30 heavy (non-hydrogen) atoms. The molecule has 2 aliphatic rings. The second kappa shape index (κ2) is 7.62. The van der Waals surface area contributed by atoms with Crippen molar-refractivity contribution in [2.45, 2.75) is 43.0 Å². The second-order valence-electron chi connectivity index (χ2n) is 7.58. The summed E-state index contributed by atoms with van der Waals surface area (Å²) < 4.78 is 5.73. The number of phenols is 2. The lowest BCUT2D eigenvalue weighted by Gasteiger charge is -2.45. The number of aromatic hydroxyl groups is 2. The van der Waals surface area contributed by atoms with Gasteiger partial charge in [0.2, 0.25) is 5.78 Å². The average molecular weight is 418 g/mol. The fourth-order valence-electron chi connectivity index (χ4n) is 4.41. The quantitative estimate of drug-likeness (QED) is 0.334. The van der Waals surface area contributed by atoms with Crippen molar-refractivity contribution in [1.29, 1.82) is 0 Å². The number of rotatable bonds is 3. The van der Waals surface area contributed by atoms with E-state index in [0.717, 1.165) is 0 Å². The highest BCUT2D eigenvalue weighted by atomic mass is 16.5. The van der Waals surface area contributed by atoms with E-state index in [1.807, 2.05) is 0 Å². The molecule has 6 atom stereocenters. The van der Waals surface area contributed by atoms with Crippen molar-refractivity contribution < 1.29 is 45.3 Å². The van der Waals surface area contributed by atoms with Gasteiger partial charge in [0.25, 0.3) is 0 Å². The van der Waals surface area contributed by atoms with E-state index in [-0.39, 0.29) is 28.0 Å². The van der Waals surface area contributed by atoms with E-state index in [1.54, 1.807) is 6.07 Å². The minimum absolute atomic E-state index is 0.0843. The van der Waals surface area contributed by atoms with Crippen molar-refractivity contribution in [3.63, 3.8) is 0 Å². The number of benzene rings is 2. The molecule has 9 heteroatoms. The van der Waals surface area contributed by atoms with Crippen LogP contribution in [0.25, 0.3) is 0 Å². The highest BCUT2D eigenvalue weighted by Gasteiger charge is 2.50. The summed E-state index contributed by atoms with van der Waals surface area (Å²) in [7, 11) is 0. The van der Waals surface area contributed by atoms with Crippen LogP contribution in [-0.4, -0.2) is 78.7 Å². The molecule has 4 rings (SSSR count). The predicted molar refractivity (Wildman–Crippen MR) is 101 cm³/mol. The highest BCUT2D eigenvalue weighted by Crippen LogP contribution is 2.47. The molecule has 160 valence electrons. The molecule has 1 fully saturated rings. The minimum Gasteiger partial charge on any atom is -0.507 e. The normalized spacial score (nSPS) is 30.6. The van der Waals surface area contributed by atoms with Crippen LogP contribution in [0.3, 0.4) is 0 Å². The zero-order valence-corrected chi connectivity index (χ0v) is 15.7. The molecule has 0 aromatic heterocycles. The Balaban J connectivity index is 1.96. The number of aliphatic hydroxyl groups excluding tert-OH is 5. The molecular formula is C21H22O9. The molecule has 2 aromatic carbocycles. The third-order valence-corrected chi connectivity index (χ3v) is 5.85. The fourth-order valence-corrected chi connectivity index (χ4v) is 4.41. The SMILES string of the molecule is O=C1c2c(O)cccc2[C@H]([C@@H]2O[C@@H](CO)[C@@H](O)[C@@H](O)[C@@H]2O)c2cc(CO)cc(O)c21. The molecular weight excluding hydrogens is 396 g/mol. The van der Waals surface area contributed by atoms with Crippen molar-refractivity contribution in [3.8, 4) is 11.5 Å². The number of carbonyl (C=O) groups excluding carboxylic acids is 1. The number of hydrogen-bond donors (Lipinski definition) is 7. The molecule has 0 amide bonds. The van der Waals surface area contributed by atoms with Gasteiger partial charge in [-0.05, 0) is 28.8 Å². The van der Waals surface area contributed by atoms with Crippen LogP contribution >= 0.6 is 0 Å². The van der Waals surface area contributed by atoms with Gasteiger partial charge in [-0.2, -0.15) is 0 Å². The fraction of sp³-hybridized carbons (Fsp3) is 0.381. The number of fused-ring (bicyclic) bond motifs is 2. The van der Waals surface area contributed by atoms with Gasteiger partial charge in [0, 0.05) is 5.92 Å². The van der Waals surface area contributed by atoms with Gasteiger partial charge in [-0.1, -0.05) is 18.2 Å². The molecule has 1 aliphatic carbocycles. The lowest BCUT2D eigenvalue weighted by molar-refractivity contribution is -0.232. The minimum atomic E-state index is -1.64. The number of aliphatic hydroxyl groups is 5. The lowest BCUT2D eigenvalue weighted by atomic mass is 9.71. The van der Waals surface area contributed by atoms with Crippen molar-refractivity contribution in [3.05, 3.63) is 58.1 Å². The number of phenolic OH excluding ortho intramolecular Hbond substituents is 2. The van der Waals surface area contributed by atoms with Gasteiger partial charge >= 0.3 is 0 Å². The summed E-state index contributed by atoms with van der Waals surface area (Å²) in [6, 6.07) is 7.06. The molecule has 0 radical (unpaired) electrons. The summed E-state index contributed by atoms with van der Waals surface area (Å²) in [5.74, 6) is -2.34. The first-order valence-electron chi connectivity index (χ1n) is 9.43. The summed E-state index contributed by atoms with van der Waals surface area (Å²) in [5.41, 5.74) is 0.609. The Morgan fingerprint density at radius 1 is 0.867 bits per heavy atom. The lowest BCUT2D eigenvalue weighted by Crippen LogP contribution is -2.60. The van der Waals surface area contributed by atoms with Crippen molar-refractivity contribution in [2.24, 2.45) is 0 Å². The molecule has 0 bridgehead atoms. The smallest absolute Gasteiger partial charge is 0.201 e. The second-order valence-corrected chi connectivity index (χ2v) is 7.58. The molecule has 1 saturated heterocycles. The van der Waals surface area contributed by atoms with Crippen molar-refractivity contribution >= 4 is 5.78 Å². The largest absolute Gasteiger partial charge is 0.507 e. The highest BCUT2D eigenvalue weighted by molar-refractivity contribution is 6.16. The maximum Gasteiger partial charge on any atom is 0.201 e. The molecule has 1 aliphatic heterocycles. The Kier molecular flexibility index (Phi) is 5.27. The molecule has 7 N–H and O–H groups in total. The van der Waals surface area contributed by atoms with E-state index in [1.165, 1.54) is 24.3 Å². The molecule has 0 unspecified atom stereocenters. The zero-order valence-electron chi connectivity index (χ0n) is 15.7. The Bertz CT molecular complexity index is 987. The summed E-state index contributed by atoms with van der Waals surface area (Å²) in [5, 5.41) is 71.0. The van der Waals surface area contributed by atoms with Crippen LogP contribution in [0.15, 0.2) is 30.3 Å². The van der Waals surface area contributed by atoms with Gasteiger partial charge in [-0.3, -0.25) is 4.79 Å². The van der Waals surface area contributed by atoms with E-state index in [4.69, 9.17) is 4.74 Å². The summed E-state index contributed by atoms with van der Waals surface area (Å²) in [6.07, 6.45) is -7.22. The Morgan fingerprint density at radius 3 is 2.23 bits per heavy atom. The predicted octanol–water partition coefficient (Wildman–Crippen LogP) is -0.891. The summed E-state index contributed by atoms with van der Waals surface area (Å²) in [4.78, 5) is 13.1. The van der Waals surface area contributed by atoms with Crippen LogP contribution in [0.2, 0.25) is 0 Å². The molecule has 2 aromatic rings. The van der Waals surface area contributed by atoms with E-state index in [2.05, 4.69) is 0 Å². The van der Waals surface area contributed by atoms with Gasteiger partial charge in [-0.15, -0.1) is 0 Å². The summed E-state index contributed by atoms with van der Waals surface area (Å²) in [6.45, 7) is -1.06. The average Bonchev–Trinajstić information content (AvgIpc) is 2.73. The van der Waals surface area contributed by atoms with Gasteiger partial charge in [0.1, 0.15) is 35.9 Å². The van der Waals surface area contributed by atoms with Crippen molar-refractivity contribution in [2.75, 3.05) is 6.61 Å². The van der Waals surface area contributed by atoms with Crippen LogP contribution in [0.5, 0.6) is 11.5 Å². The van der Waals surface area contributed by atoms with Crippen LogP contribution < -0.4 is 0 Å². The number of carbonyl (C=O) groups is 1. The maximum atomic E-state index is 13.1. The van der Waals surface area contributed by atoms with E-state index >= 15 is 0 Å². The molecule has 9 nitrogen and oxygen atoms in total. The Labute approximate surface area is 171 Å². The maximum absolute atomic E-state index is 13.1. The van der Waals surface area contributed by atoms with Gasteiger partial charge in [0.15, 0.2) is 0 Å². The third kappa shape index (κ3) is 2.99. The molecule has 0 saturated carbocycles. The van der Waals surface area contributed by atoms with Crippen LogP contribution in [0.1, 0.15) is 38.5 Å². The van der Waals surface area contributed by atoms with Crippen LogP contribution in [-0.2, 0) is 11.3 Å². The van der Waals surface area contributed by atoms with E-state index < -0.39 is 61.2 Å². The summed E-state index contributed by atoms with van der Waals surface area (Å²) >= 11 is 0. The molecule has 1 heterocycles. The van der Waals surface area contributed by atoms with Crippen LogP contribution in [0.4, 0.5) is 0 Å². The first kappa shape index (κ1) is 20.7. The zero-order chi connectivity index (χ0) is 21.7. The standard InChI is InChI=1S/C21H22O9/c22-6-8-4-10-14(21-20(29)19(28)17(26)13(7-23)30-21)9-2-1-3-11(24)15(9)18(27)16(10)12(25)5-8/h1-5,13-14,17,19-26,28-29H,6-7H2/t13-,14-,17+,19+,20-,21-/m0/s1. The molecule has 0 spiro atoms. The third-order valence-electron chi connectivity index (χ3n) is 5.85. The van der Waals surface area contributed by atoms with Crippen molar-refractivity contribution in [1.82, 2.24) is 0 Å². The van der Waals surface area contributed by atoms with Gasteiger partial charge in [-0.25, -0.2) is 0 Å². The number of ketones is 1. The Hall–Kier alpha value is -2.53. The first-order valence-corrected chi connectivity index (χ1v) is 9.43. The van der Waals surface area contributed by atoms with E-state index in [0.29, 0.717) is 5.56 Å². The van der Waals surface area contributed by atoms with Gasteiger partial charge in [0.05, 0.1) is 30.4 Å². The number of ether oxygens (including phenoxy) is 1.